The molecule has 5 rings (SSSR count). The van der Waals surface area contributed by atoms with Crippen LogP contribution in [0, 0.1) is 5.92 Å². The number of benzene rings is 1. The van der Waals surface area contributed by atoms with E-state index in [1.54, 1.807) is 0 Å². The fourth-order valence-corrected chi connectivity index (χ4v) is 5.35. The molecule has 1 amide bonds. The fourth-order valence-electron chi connectivity index (χ4n) is 5.35. The number of nitrogen functional groups attached to an aromatic ring is 1. The predicted octanol–water partition coefficient (Wildman–Crippen LogP) is 3.20. The predicted molar refractivity (Wildman–Crippen MR) is 135 cm³/mol. The van der Waals surface area contributed by atoms with Crippen LogP contribution >= 0.6 is 0 Å². The van der Waals surface area contributed by atoms with Gasteiger partial charge < -0.3 is 25.4 Å². The van der Waals surface area contributed by atoms with Gasteiger partial charge in [-0.05, 0) is 69.7 Å². The number of carbonyl (C=O) groups excluding carboxylic acids is 1. The Balaban J connectivity index is 1.31. The first-order chi connectivity index (χ1) is 16.8. The van der Waals surface area contributed by atoms with Crippen LogP contribution in [-0.2, 0) is 22.6 Å². The van der Waals surface area contributed by atoms with Crippen molar-refractivity contribution in [1.29, 1.82) is 0 Å². The minimum Gasteiger partial charge on any atom is -0.463 e. The fraction of sp³-hybridized carbons (Fsp3) is 0.577. The Morgan fingerprint density at radius 2 is 1.97 bits per heavy atom. The van der Waals surface area contributed by atoms with Crippen molar-refractivity contribution in [2.75, 3.05) is 48.8 Å². The standard InChI is InChI=1S/C26H36N6O3/c1-26(2)13-20(8-11-35-26)17-34-25-29-23(27)22-24(30-25)32(16-21(33)28-22)15-19-7-5-6-18(12-19)14-31-9-3-4-10-31/h5-7,12,20H,3-4,8-11,13-17H2,1-2H3,(H,28,33)(H2,27,29,30). The lowest BCUT2D eigenvalue weighted by atomic mass is 9.89. The third-order valence-electron chi connectivity index (χ3n) is 7.01. The number of nitrogens with one attached hydrogen (secondary N) is 1. The van der Waals surface area contributed by atoms with Gasteiger partial charge in [0.05, 0.1) is 18.8 Å². The van der Waals surface area contributed by atoms with Gasteiger partial charge in [-0.3, -0.25) is 9.69 Å². The minimum absolute atomic E-state index is 0.126. The van der Waals surface area contributed by atoms with E-state index in [2.05, 4.69) is 58.3 Å². The Bertz CT molecular complexity index is 1070. The average molecular weight is 481 g/mol. The molecule has 188 valence electrons. The molecule has 1 aromatic carbocycles. The summed E-state index contributed by atoms with van der Waals surface area (Å²) in [7, 11) is 0. The van der Waals surface area contributed by atoms with Gasteiger partial charge in [-0.1, -0.05) is 24.3 Å². The molecule has 3 N–H and O–H groups in total. The molecule has 0 saturated carbocycles. The van der Waals surface area contributed by atoms with Crippen LogP contribution in [0.25, 0.3) is 0 Å². The van der Waals surface area contributed by atoms with Crippen LogP contribution in [0.5, 0.6) is 6.01 Å². The Morgan fingerprint density at radius 3 is 2.74 bits per heavy atom. The van der Waals surface area contributed by atoms with Gasteiger partial charge in [-0.15, -0.1) is 0 Å². The highest BCUT2D eigenvalue weighted by atomic mass is 16.5. The number of hydrogen-bond acceptors (Lipinski definition) is 8. The van der Waals surface area contributed by atoms with E-state index >= 15 is 0 Å². The van der Waals surface area contributed by atoms with Crippen molar-refractivity contribution in [3.63, 3.8) is 0 Å². The summed E-state index contributed by atoms with van der Waals surface area (Å²) in [6.07, 6.45) is 4.41. The minimum atomic E-state index is -0.146. The summed E-state index contributed by atoms with van der Waals surface area (Å²) in [6.45, 7) is 9.48. The van der Waals surface area contributed by atoms with Crippen LogP contribution in [0.1, 0.15) is 50.7 Å². The zero-order valence-electron chi connectivity index (χ0n) is 20.8. The lowest BCUT2D eigenvalue weighted by Crippen LogP contribution is -2.39. The Morgan fingerprint density at radius 1 is 1.20 bits per heavy atom. The van der Waals surface area contributed by atoms with E-state index in [-0.39, 0.29) is 29.9 Å². The molecule has 2 saturated heterocycles. The SMILES string of the molecule is CC1(C)CC(COc2nc(N)c3c(n2)N(Cc2cccc(CN4CCCC4)c2)CC(=O)N3)CCO1. The van der Waals surface area contributed by atoms with Gasteiger partial charge in [-0.25, -0.2) is 0 Å². The summed E-state index contributed by atoms with van der Waals surface area (Å²) in [5.74, 6) is 1.07. The van der Waals surface area contributed by atoms with Crippen molar-refractivity contribution in [3.05, 3.63) is 35.4 Å². The van der Waals surface area contributed by atoms with Crippen LogP contribution in [-0.4, -0.2) is 59.2 Å². The van der Waals surface area contributed by atoms with Crippen molar-refractivity contribution in [3.8, 4) is 6.01 Å². The number of nitrogens with zero attached hydrogens (tertiary/aromatic N) is 4. The highest BCUT2D eigenvalue weighted by Gasteiger charge is 2.31. The summed E-state index contributed by atoms with van der Waals surface area (Å²) in [6, 6.07) is 8.81. The third-order valence-corrected chi connectivity index (χ3v) is 7.01. The molecule has 1 aromatic heterocycles. The van der Waals surface area contributed by atoms with Crippen LogP contribution in [0.3, 0.4) is 0 Å². The smallest absolute Gasteiger partial charge is 0.320 e. The van der Waals surface area contributed by atoms with Crippen molar-refractivity contribution in [1.82, 2.24) is 14.9 Å². The first-order valence-electron chi connectivity index (χ1n) is 12.6. The molecule has 0 bridgehead atoms. The summed E-state index contributed by atoms with van der Waals surface area (Å²) >= 11 is 0. The molecule has 0 radical (unpaired) electrons. The summed E-state index contributed by atoms with van der Waals surface area (Å²) < 4.78 is 11.8. The number of nitrogens with two attached hydrogens (primary N) is 1. The molecule has 9 heteroatoms. The second-order valence-corrected chi connectivity index (χ2v) is 10.6. The van der Waals surface area contributed by atoms with Gasteiger partial charge >= 0.3 is 6.01 Å². The maximum atomic E-state index is 12.4. The molecule has 2 aromatic rings. The van der Waals surface area contributed by atoms with E-state index in [9.17, 15) is 4.79 Å². The van der Waals surface area contributed by atoms with Gasteiger partial charge in [0.2, 0.25) is 5.91 Å². The molecule has 1 unspecified atom stereocenters. The number of amides is 1. The summed E-state index contributed by atoms with van der Waals surface area (Å²) in [4.78, 5) is 25.9. The first kappa shape index (κ1) is 23.8. The molecule has 1 atom stereocenters. The van der Waals surface area contributed by atoms with Gasteiger partial charge in [0.15, 0.2) is 11.6 Å². The monoisotopic (exact) mass is 480 g/mol. The van der Waals surface area contributed by atoms with Gasteiger partial charge in [-0.2, -0.15) is 9.97 Å². The number of aromatic nitrogens is 2. The zero-order chi connectivity index (χ0) is 24.4. The van der Waals surface area contributed by atoms with Gasteiger partial charge in [0, 0.05) is 19.7 Å². The topological polar surface area (TPSA) is 106 Å². The highest BCUT2D eigenvalue weighted by molar-refractivity contribution is 6.03. The Kier molecular flexibility index (Phi) is 6.80. The van der Waals surface area contributed by atoms with E-state index < -0.39 is 0 Å². The van der Waals surface area contributed by atoms with E-state index in [1.165, 1.54) is 18.4 Å². The number of ether oxygens (including phenoxy) is 2. The highest BCUT2D eigenvalue weighted by Crippen LogP contribution is 2.35. The number of rotatable bonds is 7. The van der Waals surface area contributed by atoms with Crippen LogP contribution in [0.15, 0.2) is 24.3 Å². The van der Waals surface area contributed by atoms with Crippen molar-refractivity contribution >= 4 is 23.2 Å². The largest absolute Gasteiger partial charge is 0.463 e. The average Bonchev–Trinajstić information content (AvgIpc) is 3.31. The van der Waals surface area contributed by atoms with E-state index in [0.717, 1.165) is 44.6 Å². The Labute approximate surface area is 207 Å². The second kappa shape index (κ2) is 9.99. The maximum Gasteiger partial charge on any atom is 0.320 e. The quantitative estimate of drug-likeness (QED) is 0.622. The lowest BCUT2D eigenvalue weighted by Gasteiger charge is -2.35. The molecule has 4 heterocycles. The number of hydrogen-bond donors (Lipinski definition) is 2. The number of carbonyl (C=O) groups is 1. The molecule has 3 aliphatic heterocycles. The van der Waals surface area contributed by atoms with Crippen LogP contribution in [0.4, 0.5) is 17.3 Å². The van der Waals surface area contributed by atoms with E-state index in [0.29, 0.717) is 30.6 Å². The van der Waals surface area contributed by atoms with Crippen LogP contribution < -0.4 is 20.7 Å². The lowest BCUT2D eigenvalue weighted by molar-refractivity contribution is -0.115. The van der Waals surface area contributed by atoms with E-state index in [4.69, 9.17) is 15.2 Å². The Hall–Kier alpha value is -2.91. The summed E-state index contributed by atoms with van der Waals surface area (Å²) in [5, 5.41) is 2.84. The van der Waals surface area contributed by atoms with Crippen molar-refractivity contribution in [2.45, 2.75) is 58.2 Å². The van der Waals surface area contributed by atoms with Crippen molar-refractivity contribution in [2.24, 2.45) is 5.92 Å². The third kappa shape index (κ3) is 5.85. The second-order valence-electron chi connectivity index (χ2n) is 10.6. The number of likely N-dealkylation sites (tertiary alicyclic amines) is 1. The normalized spacial score (nSPS) is 22.1. The molecule has 2 fully saturated rings. The first-order valence-corrected chi connectivity index (χ1v) is 12.6. The number of fused-ring (bicyclic) bond motifs is 1. The maximum absolute atomic E-state index is 12.4. The van der Waals surface area contributed by atoms with Gasteiger partial charge in [0.25, 0.3) is 0 Å². The van der Waals surface area contributed by atoms with Crippen molar-refractivity contribution < 1.29 is 14.3 Å². The number of anilines is 3. The molecule has 0 aliphatic carbocycles. The van der Waals surface area contributed by atoms with Crippen LogP contribution in [0.2, 0.25) is 0 Å². The zero-order valence-corrected chi connectivity index (χ0v) is 20.8. The molecular weight excluding hydrogens is 444 g/mol. The van der Waals surface area contributed by atoms with E-state index in [1.807, 2.05) is 4.90 Å². The molecule has 35 heavy (non-hydrogen) atoms. The molecule has 9 nitrogen and oxygen atoms in total. The molecule has 0 spiro atoms. The van der Waals surface area contributed by atoms with Gasteiger partial charge in [0.1, 0.15) is 5.69 Å². The molecule has 3 aliphatic rings. The molecular formula is C26H36N6O3. The summed E-state index contributed by atoms with van der Waals surface area (Å²) in [5.41, 5.74) is 8.96.